The minimum absolute atomic E-state index is 0.980. The molecule has 0 aliphatic carbocycles. The van der Waals surface area contributed by atoms with Crippen molar-refractivity contribution in [3.05, 3.63) is 0 Å². The van der Waals surface area contributed by atoms with Gasteiger partial charge < -0.3 is 0 Å². The molecule has 86 valence electrons. The van der Waals surface area contributed by atoms with E-state index in [1.54, 1.807) is 0 Å². The van der Waals surface area contributed by atoms with Crippen LogP contribution >= 0.6 is 0 Å². The molecule has 0 N–H and O–H groups in total. The zero-order valence-corrected chi connectivity index (χ0v) is 12.7. The molecule has 0 aromatic rings. The van der Waals surface area contributed by atoms with Crippen LogP contribution in [0.25, 0.3) is 0 Å². The van der Waals surface area contributed by atoms with Crippen LogP contribution in [-0.4, -0.2) is 45.7 Å². The van der Waals surface area contributed by atoms with Crippen LogP contribution < -0.4 is 0 Å². The fourth-order valence-corrected chi connectivity index (χ4v) is 7.37. The van der Waals surface area contributed by atoms with E-state index in [9.17, 15) is 0 Å². The van der Waals surface area contributed by atoms with Crippen LogP contribution in [0.15, 0.2) is 0 Å². The van der Waals surface area contributed by atoms with Crippen molar-refractivity contribution in [3.63, 3.8) is 0 Å². The molecule has 0 spiro atoms. The van der Waals surface area contributed by atoms with Gasteiger partial charge in [0, 0.05) is 0 Å². The molecule has 0 atom stereocenters. The topological polar surface area (TPSA) is 12.5 Å². The van der Waals surface area contributed by atoms with Crippen LogP contribution in [0.1, 0.15) is 27.2 Å². The van der Waals surface area contributed by atoms with Gasteiger partial charge in [0.1, 0.15) is 0 Å². The number of rotatable bonds is 8. The number of nitrogens with zero attached hydrogens (tertiary/aromatic N) is 1. The van der Waals surface area contributed by atoms with E-state index in [1.807, 2.05) is 0 Å². The summed E-state index contributed by atoms with van der Waals surface area (Å²) in [7, 11) is 4.24. The Kier molecular flexibility index (Phi) is 7.97. The van der Waals surface area contributed by atoms with E-state index in [0.29, 0.717) is 0 Å². The van der Waals surface area contributed by atoms with Crippen LogP contribution in [0, 0.1) is 0 Å². The Bertz CT molecular complexity index is 127. The second-order valence-electron chi connectivity index (χ2n) is 4.25. The maximum absolute atomic E-state index is 6.19. The molecular weight excluding hydrogens is 235 g/mol. The van der Waals surface area contributed by atoms with Crippen molar-refractivity contribution < 1.29 is 3.76 Å². The second-order valence-corrected chi connectivity index (χ2v) is 14.3. The van der Waals surface area contributed by atoms with Gasteiger partial charge in [0.2, 0.25) is 0 Å². The summed E-state index contributed by atoms with van der Waals surface area (Å²) >= 11 is -1.82. The molecule has 0 fully saturated rings. The van der Waals surface area contributed by atoms with Gasteiger partial charge in [-0.15, -0.1) is 0 Å². The van der Waals surface area contributed by atoms with Gasteiger partial charge in [-0.05, 0) is 0 Å². The van der Waals surface area contributed by atoms with E-state index in [-0.39, 0.29) is 0 Å². The summed E-state index contributed by atoms with van der Waals surface area (Å²) in [6, 6.07) is 0. The first-order valence-corrected chi connectivity index (χ1v) is 11.2. The summed E-state index contributed by atoms with van der Waals surface area (Å²) in [5, 5.41) is 3.94. The Labute approximate surface area is 92.7 Å². The van der Waals surface area contributed by atoms with Gasteiger partial charge in [0.15, 0.2) is 0 Å². The number of hydrogen-bond acceptors (Lipinski definition) is 2. The number of hydrogen-bond donors (Lipinski definition) is 0. The van der Waals surface area contributed by atoms with Gasteiger partial charge in [0.05, 0.1) is 0 Å². The van der Waals surface area contributed by atoms with Crippen molar-refractivity contribution in [1.29, 1.82) is 0 Å². The van der Waals surface area contributed by atoms with Crippen LogP contribution in [0.2, 0.25) is 15.8 Å². The molecule has 0 saturated carbocycles. The predicted octanol–water partition coefficient (Wildman–Crippen LogP) is 2.96. The summed E-state index contributed by atoms with van der Waals surface area (Å²) < 4.78 is 6.19. The minimum atomic E-state index is -1.82. The van der Waals surface area contributed by atoms with Gasteiger partial charge in [-0.1, -0.05) is 0 Å². The van der Waals surface area contributed by atoms with Crippen molar-refractivity contribution >= 4 is 13.6 Å². The van der Waals surface area contributed by atoms with Crippen molar-refractivity contribution in [2.75, 3.05) is 27.2 Å². The average molecular weight is 262 g/mol. The fourth-order valence-electron chi connectivity index (χ4n) is 1.73. The average Bonchev–Trinajstić information content (AvgIpc) is 2.19. The quantitative estimate of drug-likeness (QED) is 0.492. The molecule has 0 aromatic carbocycles. The standard InChI is InChI=1S/C11H27GeNO/c1-6-12(7-2,8-3)14-11-9-10-13(4)5/h6-11H2,1-5H3. The van der Waals surface area contributed by atoms with E-state index in [4.69, 9.17) is 3.76 Å². The molecule has 0 amide bonds. The zero-order chi connectivity index (χ0) is 11.0. The van der Waals surface area contributed by atoms with E-state index >= 15 is 0 Å². The summed E-state index contributed by atoms with van der Waals surface area (Å²) in [5.41, 5.74) is 0. The molecule has 0 aliphatic rings. The van der Waals surface area contributed by atoms with Crippen molar-refractivity contribution in [2.24, 2.45) is 0 Å². The monoisotopic (exact) mass is 263 g/mol. The summed E-state index contributed by atoms with van der Waals surface area (Å²) in [6.45, 7) is 9.04. The SMILES string of the molecule is C[CH2][Ge]([CH2]C)([CH2]C)[O]CCCN(C)C. The van der Waals surface area contributed by atoms with Crippen LogP contribution in [0.5, 0.6) is 0 Å². The first kappa shape index (κ1) is 14.5. The molecule has 0 rings (SSSR count). The van der Waals surface area contributed by atoms with E-state index in [2.05, 4.69) is 39.8 Å². The van der Waals surface area contributed by atoms with Gasteiger partial charge >= 0.3 is 92.5 Å². The molecule has 0 saturated heterocycles. The van der Waals surface area contributed by atoms with Crippen molar-refractivity contribution in [1.82, 2.24) is 4.90 Å². The van der Waals surface area contributed by atoms with Crippen LogP contribution in [0.4, 0.5) is 0 Å². The summed E-state index contributed by atoms with van der Waals surface area (Å²) in [6.07, 6.45) is 1.18. The normalized spacial score (nSPS) is 12.4. The Morgan fingerprint density at radius 3 is 1.86 bits per heavy atom. The summed E-state index contributed by atoms with van der Waals surface area (Å²) in [4.78, 5) is 2.22. The van der Waals surface area contributed by atoms with Gasteiger partial charge in [-0.2, -0.15) is 0 Å². The van der Waals surface area contributed by atoms with E-state index < -0.39 is 13.6 Å². The molecule has 0 radical (unpaired) electrons. The Morgan fingerprint density at radius 2 is 1.50 bits per heavy atom. The zero-order valence-electron chi connectivity index (χ0n) is 10.6. The third kappa shape index (κ3) is 5.37. The van der Waals surface area contributed by atoms with E-state index in [1.165, 1.54) is 22.2 Å². The van der Waals surface area contributed by atoms with Gasteiger partial charge in [0.25, 0.3) is 0 Å². The molecular formula is C11H27GeNO. The molecule has 0 aliphatic heterocycles. The van der Waals surface area contributed by atoms with E-state index in [0.717, 1.165) is 13.2 Å². The summed E-state index contributed by atoms with van der Waals surface area (Å²) in [5.74, 6) is 0. The molecule has 2 nitrogen and oxygen atoms in total. The molecule has 0 bridgehead atoms. The first-order valence-electron chi connectivity index (χ1n) is 5.89. The Morgan fingerprint density at radius 1 is 1.00 bits per heavy atom. The molecule has 3 heteroatoms. The Balaban J connectivity index is 3.71. The third-order valence-corrected chi connectivity index (χ3v) is 12.9. The first-order chi connectivity index (χ1) is 6.60. The predicted molar refractivity (Wildman–Crippen MR) is 66.3 cm³/mol. The third-order valence-electron chi connectivity index (χ3n) is 3.09. The Hall–Kier alpha value is 0.463. The molecule has 0 unspecified atom stereocenters. The molecule has 0 heterocycles. The molecule has 14 heavy (non-hydrogen) atoms. The van der Waals surface area contributed by atoms with Gasteiger partial charge in [-0.25, -0.2) is 0 Å². The fraction of sp³-hybridized carbons (Fsp3) is 1.00. The van der Waals surface area contributed by atoms with Crippen LogP contribution in [-0.2, 0) is 3.76 Å². The second kappa shape index (κ2) is 7.72. The maximum atomic E-state index is 6.19. The molecule has 0 aromatic heterocycles. The van der Waals surface area contributed by atoms with Crippen molar-refractivity contribution in [2.45, 2.75) is 43.0 Å². The van der Waals surface area contributed by atoms with Crippen LogP contribution in [0.3, 0.4) is 0 Å². The van der Waals surface area contributed by atoms with Crippen molar-refractivity contribution in [3.8, 4) is 0 Å². The van der Waals surface area contributed by atoms with Gasteiger partial charge in [-0.3, -0.25) is 0 Å².